The van der Waals surface area contributed by atoms with Crippen LogP contribution in [0.15, 0.2) is 48.7 Å². The number of fused-ring (bicyclic) bond motifs is 1. The van der Waals surface area contributed by atoms with E-state index in [1.165, 1.54) is 11.1 Å². The van der Waals surface area contributed by atoms with Gasteiger partial charge >= 0.3 is 0 Å². The second kappa shape index (κ2) is 6.81. The van der Waals surface area contributed by atoms with E-state index in [1.54, 1.807) is 0 Å². The van der Waals surface area contributed by atoms with Crippen molar-refractivity contribution in [3.8, 4) is 11.1 Å². The molecule has 0 radical (unpaired) electrons. The van der Waals surface area contributed by atoms with Gasteiger partial charge in [0, 0.05) is 23.2 Å². The second-order valence-corrected chi connectivity index (χ2v) is 6.90. The van der Waals surface area contributed by atoms with Gasteiger partial charge in [0.25, 0.3) is 0 Å². The van der Waals surface area contributed by atoms with Gasteiger partial charge in [-0.05, 0) is 43.7 Å². The van der Waals surface area contributed by atoms with Crippen LogP contribution in [0.2, 0.25) is 0 Å². The average molecular weight is 333 g/mol. The van der Waals surface area contributed by atoms with Gasteiger partial charge in [0.15, 0.2) is 0 Å². The highest BCUT2D eigenvalue weighted by Gasteiger charge is 2.20. The lowest BCUT2D eigenvalue weighted by molar-refractivity contribution is 0.126. The third kappa shape index (κ3) is 3.35. The lowest BCUT2D eigenvalue weighted by Gasteiger charge is -2.26. The van der Waals surface area contributed by atoms with Gasteiger partial charge in [-0.15, -0.1) is 0 Å². The Labute approximate surface area is 148 Å². The standard InChI is InChI=1S/C21H23N3O/c1-14-5-2-3-7-18(14)19-8-4-6-15-13-22-21(24-20(15)19)23-16-9-11-17(25)12-10-16/h2-8,13,16-17,25H,9-12H2,1H3,(H,22,23,24)/t16-,17-. The first-order chi connectivity index (χ1) is 12.2. The number of benzene rings is 2. The van der Waals surface area contributed by atoms with E-state index in [9.17, 15) is 5.11 Å². The quantitative estimate of drug-likeness (QED) is 0.749. The van der Waals surface area contributed by atoms with Crippen molar-refractivity contribution in [3.63, 3.8) is 0 Å². The molecule has 0 atom stereocenters. The van der Waals surface area contributed by atoms with Crippen molar-refractivity contribution >= 4 is 16.9 Å². The van der Waals surface area contributed by atoms with Crippen LogP contribution in [0.25, 0.3) is 22.0 Å². The molecule has 4 rings (SSSR count). The summed E-state index contributed by atoms with van der Waals surface area (Å²) >= 11 is 0. The topological polar surface area (TPSA) is 58.0 Å². The number of nitrogens with one attached hydrogen (secondary N) is 1. The zero-order valence-electron chi connectivity index (χ0n) is 14.4. The third-order valence-electron chi connectivity index (χ3n) is 5.08. The zero-order valence-corrected chi connectivity index (χ0v) is 14.4. The molecule has 0 saturated heterocycles. The van der Waals surface area contributed by atoms with Crippen molar-refractivity contribution < 1.29 is 5.11 Å². The lowest BCUT2D eigenvalue weighted by atomic mass is 9.93. The number of aliphatic hydroxyl groups excluding tert-OH is 1. The molecule has 0 bridgehead atoms. The van der Waals surface area contributed by atoms with Crippen LogP contribution >= 0.6 is 0 Å². The number of nitrogens with zero attached hydrogens (tertiary/aromatic N) is 2. The van der Waals surface area contributed by atoms with Crippen LogP contribution in [-0.4, -0.2) is 27.2 Å². The fourth-order valence-corrected chi connectivity index (χ4v) is 3.62. The Morgan fingerprint density at radius 1 is 0.960 bits per heavy atom. The molecule has 2 aromatic carbocycles. The molecule has 1 aromatic heterocycles. The fourth-order valence-electron chi connectivity index (χ4n) is 3.62. The maximum atomic E-state index is 9.66. The minimum atomic E-state index is -0.150. The molecule has 0 unspecified atom stereocenters. The van der Waals surface area contributed by atoms with E-state index in [0.717, 1.165) is 42.1 Å². The molecule has 4 heteroatoms. The summed E-state index contributed by atoms with van der Waals surface area (Å²) in [6.07, 6.45) is 5.36. The molecule has 0 spiro atoms. The Hall–Kier alpha value is -2.46. The van der Waals surface area contributed by atoms with Crippen LogP contribution in [-0.2, 0) is 0 Å². The lowest BCUT2D eigenvalue weighted by Crippen LogP contribution is -2.28. The number of rotatable bonds is 3. The van der Waals surface area contributed by atoms with E-state index in [2.05, 4.69) is 59.7 Å². The number of aliphatic hydroxyl groups is 1. The van der Waals surface area contributed by atoms with Crippen LogP contribution in [0.5, 0.6) is 0 Å². The Kier molecular flexibility index (Phi) is 4.36. The predicted octanol–water partition coefficient (Wildman–Crippen LogP) is 4.32. The van der Waals surface area contributed by atoms with Gasteiger partial charge in [-0.2, -0.15) is 0 Å². The SMILES string of the molecule is Cc1ccccc1-c1cccc2cnc(N[C@H]3CC[C@H](O)CC3)nc12. The smallest absolute Gasteiger partial charge is 0.223 e. The molecule has 0 aliphatic heterocycles. The van der Waals surface area contributed by atoms with Crippen molar-refractivity contribution in [2.45, 2.75) is 44.8 Å². The summed E-state index contributed by atoms with van der Waals surface area (Å²) in [7, 11) is 0. The molecule has 3 aromatic rings. The van der Waals surface area contributed by atoms with Gasteiger partial charge < -0.3 is 10.4 Å². The van der Waals surface area contributed by atoms with Gasteiger partial charge in [0.1, 0.15) is 0 Å². The van der Waals surface area contributed by atoms with E-state index in [4.69, 9.17) is 4.98 Å². The minimum Gasteiger partial charge on any atom is -0.393 e. The Bertz CT molecular complexity index is 885. The summed E-state index contributed by atoms with van der Waals surface area (Å²) in [5.41, 5.74) is 4.56. The number of aromatic nitrogens is 2. The Morgan fingerprint density at radius 2 is 1.72 bits per heavy atom. The van der Waals surface area contributed by atoms with E-state index >= 15 is 0 Å². The van der Waals surface area contributed by atoms with Gasteiger partial charge in [0.2, 0.25) is 5.95 Å². The largest absolute Gasteiger partial charge is 0.393 e. The summed E-state index contributed by atoms with van der Waals surface area (Å²) < 4.78 is 0. The maximum absolute atomic E-state index is 9.66. The Balaban J connectivity index is 1.70. The molecule has 1 aliphatic rings. The number of hydrogen-bond donors (Lipinski definition) is 2. The molecule has 25 heavy (non-hydrogen) atoms. The third-order valence-corrected chi connectivity index (χ3v) is 5.08. The monoisotopic (exact) mass is 333 g/mol. The summed E-state index contributed by atoms with van der Waals surface area (Å²) in [5, 5.41) is 14.2. The first-order valence-corrected chi connectivity index (χ1v) is 8.97. The van der Waals surface area contributed by atoms with E-state index in [-0.39, 0.29) is 6.10 Å². The molecule has 2 N–H and O–H groups in total. The van der Waals surface area contributed by atoms with Crippen molar-refractivity contribution in [3.05, 3.63) is 54.2 Å². The molecule has 1 fully saturated rings. The summed E-state index contributed by atoms with van der Waals surface area (Å²) in [6.45, 7) is 2.13. The first kappa shape index (κ1) is 16.0. The molecule has 1 aliphatic carbocycles. The highest BCUT2D eigenvalue weighted by atomic mass is 16.3. The number of anilines is 1. The fraction of sp³-hybridized carbons (Fsp3) is 0.333. The van der Waals surface area contributed by atoms with E-state index < -0.39 is 0 Å². The van der Waals surface area contributed by atoms with Crippen molar-refractivity contribution in [1.29, 1.82) is 0 Å². The van der Waals surface area contributed by atoms with Crippen molar-refractivity contribution in [2.75, 3.05) is 5.32 Å². The number of para-hydroxylation sites is 1. The van der Waals surface area contributed by atoms with Crippen LogP contribution in [0.3, 0.4) is 0 Å². The maximum Gasteiger partial charge on any atom is 0.223 e. The molecule has 4 nitrogen and oxygen atoms in total. The average Bonchev–Trinajstić information content (AvgIpc) is 2.64. The molecule has 1 heterocycles. The highest BCUT2D eigenvalue weighted by molar-refractivity contribution is 5.94. The van der Waals surface area contributed by atoms with Crippen LogP contribution < -0.4 is 5.32 Å². The molecular formula is C21H23N3O. The first-order valence-electron chi connectivity index (χ1n) is 8.97. The Morgan fingerprint density at radius 3 is 2.52 bits per heavy atom. The minimum absolute atomic E-state index is 0.150. The van der Waals surface area contributed by atoms with Crippen LogP contribution in [0.1, 0.15) is 31.2 Å². The predicted molar refractivity (Wildman–Crippen MR) is 102 cm³/mol. The van der Waals surface area contributed by atoms with Gasteiger partial charge in [-0.3, -0.25) is 0 Å². The van der Waals surface area contributed by atoms with E-state index in [1.807, 2.05) is 6.20 Å². The van der Waals surface area contributed by atoms with Crippen LogP contribution in [0, 0.1) is 6.92 Å². The summed E-state index contributed by atoms with van der Waals surface area (Å²) in [6, 6.07) is 15.0. The van der Waals surface area contributed by atoms with Gasteiger partial charge in [-0.25, -0.2) is 9.97 Å². The summed E-state index contributed by atoms with van der Waals surface area (Å²) in [5.74, 6) is 0.676. The molecule has 128 valence electrons. The van der Waals surface area contributed by atoms with E-state index in [0.29, 0.717) is 12.0 Å². The van der Waals surface area contributed by atoms with Crippen molar-refractivity contribution in [2.24, 2.45) is 0 Å². The molecular weight excluding hydrogens is 310 g/mol. The van der Waals surface area contributed by atoms with Crippen LogP contribution in [0.4, 0.5) is 5.95 Å². The molecule has 0 amide bonds. The molecule has 1 saturated carbocycles. The zero-order chi connectivity index (χ0) is 17.2. The van der Waals surface area contributed by atoms with Gasteiger partial charge in [-0.1, -0.05) is 42.5 Å². The van der Waals surface area contributed by atoms with Crippen molar-refractivity contribution in [1.82, 2.24) is 9.97 Å². The number of hydrogen-bond acceptors (Lipinski definition) is 4. The number of aryl methyl sites for hydroxylation is 1. The summed E-state index contributed by atoms with van der Waals surface area (Å²) in [4.78, 5) is 9.31. The highest BCUT2D eigenvalue weighted by Crippen LogP contribution is 2.30. The normalized spacial score (nSPS) is 20.6. The van der Waals surface area contributed by atoms with Gasteiger partial charge in [0.05, 0.1) is 11.6 Å². The second-order valence-electron chi connectivity index (χ2n) is 6.90.